The van der Waals surface area contributed by atoms with E-state index in [-0.39, 0.29) is 5.60 Å². The third-order valence-electron chi connectivity index (χ3n) is 3.49. The van der Waals surface area contributed by atoms with E-state index in [1.54, 1.807) is 6.07 Å². The molecule has 0 saturated heterocycles. The third-order valence-corrected chi connectivity index (χ3v) is 3.72. The minimum atomic E-state index is -0.423. The van der Waals surface area contributed by atoms with Gasteiger partial charge in [0, 0.05) is 17.0 Å². The number of benzene rings is 1. The second-order valence-electron chi connectivity index (χ2n) is 4.54. The number of hydrogen-bond acceptors (Lipinski definition) is 2. The summed E-state index contributed by atoms with van der Waals surface area (Å²) in [6, 6.07) is 5.47. The lowest BCUT2D eigenvalue weighted by Crippen LogP contribution is -2.46. The monoisotopic (exact) mass is 224 g/mol. The molecule has 1 aliphatic heterocycles. The maximum Gasteiger partial charge on any atom is 0.126 e. The van der Waals surface area contributed by atoms with E-state index in [0.29, 0.717) is 11.4 Å². The van der Waals surface area contributed by atoms with Crippen molar-refractivity contribution in [1.29, 1.82) is 0 Å². The predicted molar refractivity (Wildman–Crippen MR) is 58.2 cm³/mol. The van der Waals surface area contributed by atoms with Gasteiger partial charge in [-0.05, 0) is 37.5 Å². The van der Waals surface area contributed by atoms with Crippen LogP contribution in [0, 0.1) is 0 Å². The van der Waals surface area contributed by atoms with Crippen LogP contribution in [0.5, 0.6) is 5.75 Å². The lowest BCUT2D eigenvalue weighted by molar-refractivity contribution is -0.0663. The number of ether oxygens (including phenoxy) is 1. The highest BCUT2D eigenvalue weighted by atomic mass is 35.5. The molecule has 0 unspecified atom stereocenters. The molecule has 1 N–H and O–H groups in total. The number of aliphatic hydroxyl groups is 1. The van der Waals surface area contributed by atoms with Crippen LogP contribution in [0.2, 0.25) is 5.02 Å². The molecule has 1 aromatic rings. The normalized spacial score (nSPS) is 26.7. The number of halogens is 1. The summed E-state index contributed by atoms with van der Waals surface area (Å²) in [7, 11) is 0. The molecule has 1 spiro atoms. The van der Waals surface area contributed by atoms with Crippen LogP contribution >= 0.6 is 11.6 Å². The van der Waals surface area contributed by atoms with Gasteiger partial charge in [-0.25, -0.2) is 0 Å². The summed E-state index contributed by atoms with van der Waals surface area (Å²) in [6.45, 7) is 0. The van der Waals surface area contributed by atoms with Crippen molar-refractivity contribution in [3.05, 3.63) is 28.8 Å². The fourth-order valence-electron chi connectivity index (χ4n) is 2.49. The molecule has 0 aromatic heterocycles. The second-order valence-corrected chi connectivity index (χ2v) is 4.98. The Morgan fingerprint density at radius 3 is 2.87 bits per heavy atom. The van der Waals surface area contributed by atoms with Crippen LogP contribution in [-0.2, 0) is 0 Å². The second kappa shape index (κ2) is 3.13. The average molecular weight is 225 g/mol. The van der Waals surface area contributed by atoms with E-state index >= 15 is 0 Å². The van der Waals surface area contributed by atoms with Gasteiger partial charge in [-0.1, -0.05) is 11.6 Å². The van der Waals surface area contributed by atoms with E-state index < -0.39 is 6.10 Å². The van der Waals surface area contributed by atoms with E-state index in [2.05, 4.69) is 0 Å². The van der Waals surface area contributed by atoms with Gasteiger partial charge in [-0.3, -0.25) is 0 Å². The molecule has 1 aromatic carbocycles. The van der Waals surface area contributed by atoms with Gasteiger partial charge in [-0.2, -0.15) is 0 Å². The van der Waals surface area contributed by atoms with Crippen LogP contribution < -0.4 is 4.74 Å². The molecule has 0 amide bonds. The van der Waals surface area contributed by atoms with E-state index in [0.717, 1.165) is 24.2 Å². The van der Waals surface area contributed by atoms with Gasteiger partial charge < -0.3 is 9.84 Å². The highest BCUT2D eigenvalue weighted by Crippen LogP contribution is 2.49. The molecular formula is C12H13ClO2. The van der Waals surface area contributed by atoms with Crippen LogP contribution in [0.15, 0.2) is 18.2 Å². The van der Waals surface area contributed by atoms with Gasteiger partial charge >= 0.3 is 0 Å². The summed E-state index contributed by atoms with van der Waals surface area (Å²) in [5.41, 5.74) is 0.750. The summed E-state index contributed by atoms with van der Waals surface area (Å²) in [5, 5.41) is 10.7. The number of fused-ring (bicyclic) bond motifs is 1. The van der Waals surface area contributed by atoms with Gasteiger partial charge in [-0.15, -0.1) is 0 Å². The van der Waals surface area contributed by atoms with E-state index in [9.17, 15) is 5.11 Å². The van der Waals surface area contributed by atoms with Gasteiger partial charge in [0.1, 0.15) is 11.4 Å². The van der Waals surface area contributed by atoms with Crippen molar-refractivity contribution < 1.29 is 9.84 Å². The van der Waals surface area contributed by atoms with Crippen molar-refractivity contribution in [3.8, 4) is 5.75 Å². The lowest BCUT2D eigenvalue weighted by Gasteiger charge is -2.46. The molecule has 1 aliphatic carbocycles. The zero-order chi connectivity index (χ0) is 10.5. The van der Waals surface area contributed by atoms with Crippen LogP contribution in [-0.4, -0.2) is 10.7 Å². The van der Waals surface area contributed by atoms with Gasteiger partial charge in [0.15, 0.2) is 0 Å². The Bertz CT molecular complexity index is 399. The first-order valence-corrected chi connectivity index (χ1v) is 5.73. The molecule has 2 nitrogen and oxygen atoms in total. The van der Waals surface area contributed by atoms with Crippen LogP contribution in [0.4, 0.5) is 0 Å². The molecule has 0 bridgehead atoms. The fraction of sp³-hybridized carbons (Fsp3) is 0.500. The number of aliphatic hydroxyl groups excluding tert-OH is 1. The van der Waals surface area contributed by atoms with Gasteiger partial charge in [0.2, 0.25) is 0 Å². The largest absolute Gasteiger partial charge is 0.487 e. The first-order chi connectivity index (χ1) is 7.19. The zero-order valence-electron chi connectivity index (χ0n) is 8.37. The topological polar surface area (TPSA) is 29.5 Å². The molecule has 80 valence electrons. The Morgan fingerprint density at radius 2 is 2.20 bits per heavy atom. The van der Waals surface area contributed by atoms with Crippen molar-refractivity contribution in [3.63, 3.8) is 0 Å². The maximum absolute atomic E-state index is 10.0. The Hall–Kier alpha value is -0.730. The summed E-state index contributed by atoms with van der Waals surface area (Å²) < 4.78 is 5.96. The molecule has 1 fully saturated rings. The molecule has 2 aliphatic rings. The first-order valence-electron chi connectivity index (χ1n) is 5.35. The molecule has 3 heteroatoms. The van der Waals surface area contributed by atoms with Crippen LogP contribution in [0.1, 0.15) is 37.4 Å². The smallest absolute Gasteiger partial charge is 0.126 e. The first kappa shape index (κ1) is 9.49. The lowest BCUT2D eigenvalue weighted by atomic mass is 9.73. The number of hydrogen-bond donors (Lipinski definition) is 1. The predicted octanol–water partition coefficient (Wildman–Crippen LogP) is 3.08. The van der Waals surface area contributed by atoms with Gasteiger partial charge in [0.05, 0.1) is 6.10 Å². The van der Waals surface area contributed by atoms with E-state index in [4.69, 9.17) is 16.3 Å². The van der Waals surface area contributed by atoms with Crippen molar-refractivity contribution >= 4 is 11.6 Å². The molecule has 0 radical (unpaired) electrons. The highest BCUT2D eigenvalue weighted by Gasteiger charge is 2.45. The van der Waals surface area contributed by atoms with E-state index in [1.807, 2.05) is 12.1 Å². The van der Waals surface area contributed by atoms with Crippen LogP contribution in [0.3, 0.4) is 0 Å². The van der Waals surface area contributed by atoms with Crippen molar-refractivity contribution in [2.75, 3.05) is 0 Å². The average Bonchev–Trinajstić information content (AvgIpc) is 2.16. The van der Waals surface area contributed by atoms with Crippen molar-refractivity contribution in [2.24, 2.45) is 0 Å². The van der Waals surface area contributed by atoms with Crippen molar-refractivity contribution in [2.45, 2.75) is 37.4 Å². The molecule has 1 saturated carbocycles. The standard InChI is InChI=1S/C12H13ClO2/c13-8-2-3-11-9(6-8)10(14)7-12(15-11)4-1-5-12/h2-3,6,10,14H,1,4-5,7H2/t10-/m1/s1. The molecular weight excluding hydrogens is 212 g/mol. The minimum Gasteiger partial charge on any atom is -0.487 e. The molecule has 1 heterocycles. The Kier molecular flexibility index (Phi) is 1.98. The van der Waals surface area contributed by atoms with Crippen LogP contribution in [0.25, 0.3) is 0 Å². The van der Waals surface area contributed by atoms with E-state index in [1.165, 1.54) is 6.42 Å². The van der Waals surface area contributed by atoms with Gasteiger partial charge in [0.25, 0.3) is 0 Å². The Morgan fingerprint density at radius 1 is 1.40 bits per heavy atom. The number of rotatable bonds is 0. The highest BCUT2D eigenvalue weighted by molar-refractivity contribution is 6.30. The zero-order valence-corrected chi connectivity index (χ0v) is 9.13. The third kappa shape index (κ3) is 1.44. The summed E-state index contributed by atoms with van der Waals surface area (Å²) in [6.07, 6.45) is 3.61. The quantitative estimate of drug-likeness (QED) is 0.734. The maximum atomic E-state index is 10.0. The molecule has 3 rings (SSSR count). The Balaban J connectivity index is 2.01. The summed E-state index contributed by atoms with van der Waals surface area (Å²) in [5.74, 6) is 0.804. The minimum absolute atomic E-state index is 0.0831. The molecule has 15 heavy (non-hydrogen) atoms. The molecule has 1 atom stereocenters. The summed E-state index contributed by atoms with van der Waals surface area (Å²) in [4.78, 5) is 0. The fourth-order valence-corrected chi connectivity index (χ4v) is 2.67. The Labute approximate surface area is 93.8 Å². The van der Waals surface area contributed by atoms with Crippen molar-refractivity contribution in [1.82, 2.24) is 0 Å². The SMILES string of the molecule is O[C@@H]1CC2(CCC2)Oc2ccc(Cl)cc21. The summed E-state index contributed by atoms with van der Waals surface area (Å²) >= 11 is 5.89.